The molecule has 1 aliphatic rings. The van der Waals surface area contributed by atoms with Gasteiger partial charge in [0.1, 0.15) is 18.9 Å². The standard InChI is InChI=1S/C15H16N4O4/c1-21-7-6-17-14(20)11-12-15(23-9-8-22-12)19-13(18-11)10-4-2-3-5-16-10/h2-5H,6-9H2,1H3,(H,17,20). The predicted molar refractivity (Wildman–Crippen MR) is 80.5 cm³/mol. The summed E-state index contributed by atoms with van der Waals surface area (Å²) in [5.74, 6) is 0.449. The number of carbonyl (C=O) groups excluding carboxylic acids is 1. The van der Waals surface area contributed by atoms with E-state index >= 15 is 0 Å². The van der Waals surface area contributed by atoms with Crippen molar-refractivity contribution in [1.82, 2.24) is 20.3 Å². The van der Waals surface area contributed by atoms with Crippen molar-refractivity contribution in [2.45, 2.75) is 0 Å². The van der Waals surface area contributed by atoms with Crippen LogP contribution in [0.25, 0.3) is 11.5 Å². The van der Waals surface area contributed by atoms with Crippen LogP contribution in [0, 0.1) is 0 Å². The Kier molecular flexibility index (Phi) is 4.62. The molecular weight excluding hydrogens is 300 g/mol. The third-order valence-corrected chi connectivity index (χ3v) is 3.10. The minimum Gasteiger partial charge on any atom is -0.483 e. The van der Waals surface area contributed by atoms with E-state index in [0.717, 1.165) is 0 Å². The lowest BCUT2D eigenvalue weighted by Crippen LogP contribution is -2.30. The smallest absolute Gasteiger partial charge is 0.274 e. The second-order valence-electron chi connectivity index (χ2n) is 4.69. The molecular formula is C15H16N4O4. The average molecular weight is 316 g/mol. The number of methoxy groups -OCH3 is 1. The van der Waals surface area contributed by atoms with Gasteiger partial charge in [0.05, 0.1) is 6.61 Å². The summed E-state index contributed by atoms with van der Waals surface area (Å²) in [6.45, 7) is 1.49. The zero-order valence-electron chi connectivity index (χ0n) is 12.6. The Morgan fingerprint density at radius 2 is 2.17 bits per heavy atom. The topological polar surface area (TPSA) is 95.5 Å². The van der Waals surface area contributed by atoms with Crippen LogP contribution in [0.3, 0.4) is 0 Å². The molecule has 0 aliphatic carbocycles. The summed E-state index contributed by atoms with van der Waals surface area (Å²) in [5.41, 5.74) is 0.682. The fourth-order valence-electron chi connectivity index (χ4n) is 2.05. The molecule has 0 radical (unpaired) electrons. The Balaban J connectivity index is 1.97. The molecule has 3 rings (SSSR count). The maximum atomic E-state index is 12.4. The SMILES string of the molecule is COCCNC(=O)c1nc(-c2ccccn2)nc2c1OCCO2. The van der Waals surface area contributed by atoms with Gasteiger partial charge in [-0.05, 0) is 12.1 Å². The highest BCUT2D eigenvalue weighted by Crippen LogP contribution is 2.32. The first-order valence-electron chi connectivity index (χ1n) is 7.16. The largest absolute Gasteiger partial charge is 0.483 e. The molecule has 0 unspecified atom stereocenters. The predicted octanol–water partition coefficient (Wildman–Crippen LogP) is 0.686. The maximum Gasteiger partial charge on any atom is 0.274 e. The normalized spacial score (nSPS) is 12.7. The molecule has 0 spiro atoms. The summed E-state index contributed by atoms with van der Waals surface area (Å²) >= 11 is 0. The zero-order valence-corrected chi connectivity index (χ0v) is 12.6. The average Bonchev–Trinajstić information content (AvgIpc) is 2.61. The number of ether oxygens (including phenoxy) is 3. The summed E-state index contributed by atoms with van der Waals surface area (Å²) in [7, 11) is 1.56. The lowest BCUT2D eigenvalue weighted by Gasteiger charge is -2.19. The van der Waals surface area contributed by atoms with Crippen molar-refractivity contribution >= 4 is 5.91 Å². The highest BCUT2D eigenvalue weighted by atomic mass is 16.6. The van der Waals surface area contributed by atoms with Gasteiger partial charge in [-0.15, -0.1) is 0 Å². The van der Waals surface area contributed by atoms with Gasteiger partial charge in [-0.1, -0.05) is 6.07 Å². The molecule has 1 amide bonds. The molecule has 3 heterocycles. The van der Waals surface area contributed by atoms with Crippen LogP contribution < -0.4 is 14.8 Å². The highest BCUT2D eigenvalue weighted by molar-refractivity contribution is 5.96. The number of carbonyl (C=O) groups is 1. The summed E-state index contributed by atoms with van der Waals surface area (Å²) in [6.07, 6.45) is 1.63. The maximum absolute atomic E-state index is 12.4. The molecule has 120 valence electrons. The molecule has 2 aromatic heterocycles. The van der Waals surface area contributed by atoms with Crippen LogP contribution in [-0.2, 0) is 4.74 Å². The molecule has 8 heteroatoms. The van der Waals surface area contributed by atoms with Crippen LogP contribution in [0.15, 0.2) is 24.4 Å². The molecule has 0 atom stereocenters. The van der Waals surface area contributed by atoms with Gasteiger partial charge in [-0.25, -0.2) is 4.98 Å². The van der Waals surface area contributed by atoms with E-state index in [2.05, 4.69) is 20.3 Å². The molecule has 0 bridgehead atoms. The van der Waals surface area contributed by atoms with E-state index in [1.807, 2.05) is 6.07 Å². The van der Waals surface area contributed by atoms with Crippen molar-refractivity contribution < 1.29 is 19.0 Å². The van der Waals surface area contributed by atoms with E-state index < -0.39 is 0 Å². The first-order valence-corrected chi connectivity index (χ1v) is 7.16. The van der Waals surface area contributed by atoms with E-state index in [0.29, 0.717) is 37.9 Å². The lowest BCUT2D eigenvalue weighted by atomic mass is 10.2. The Morgan fingerprint density at radius 3 is 2.96 bits per heavy atom. The van der Waals surface area contributed by atoms with Gasteiger partial charge in [-0.2, -0.15) is 4.98 Å². The lowest BCUT2D eigenvalue weighted by molar-refractivity contribution is 0.0918. The Labute approximate surface area is 132 Å². The van der Waals surface area contributed by atoms with Gasteiger partial charge in [0, 0.05) is 19.9 Å². The molecule has 23 heavy (non-hydrogen) atoms. The van der Waals surface area contributed by atoms with Crippen LogP contribution in [-0.4, -0.2) is 54.3 Å². The monoisotopic (exact) mass is 316 g/mol. The number of nitrogens with one attached hydrogen (secondary N) is 1. The molecule has 0 saturated carbocycles. The van der Waals surface area contributed by atoms with Crippen molar-refractivity contribution in [1.29, 1.82) is 0 Å². The summed E-state index contributed by atoms with van der Waals surface area (Å²) in [6, 6.07) is 5.37. The minimum atomic E-state index is -0.372. The van der Waals surface area contributed by atoms with Crippen LogP contribution in [0.2, 0.25) is 0 Å². The molecule has 0 aromatic carbocycles. The fraction of sp³-hybridized carbons (Fsp3) is 0.333. The number of nitrogens with zero attached hydrogens (tertiary/aromatic N) is 3. The minimum absolute atomic E-state index is 0.131. The number of aromatic nitrogens is 3. The van der Waals surface area contributed by atoms with Gasteiger partial charge in [-0.3, -0.25) is 9.78 Å². The second-order valence-corrected chi connectivity index (χ2v) is 4.69. The van der Waals surface area contributed by atoms with Gasteiger partial charge in [0.15, 0.2) is 11.5 Å². The van der Waals surface area contributed by atoms with Crippen LogP contribution >= 0.6 is 0 Å². The quantitative estimate of drug-likeness (QED) is 0.811. The van der Waals surface area contributed by atoms with Crippen molar-refractivity contribution in [3.05, 3.63) is 30.1 Å². The molecule has 1 aliphatic heterocycles. The van der Waals surface area contributed by atoms with E-state index in [4.69, 9.17) is 14.2 Å². The molecule has 0 fully saturated rings. The Bertz CT molecular complexity index is 693. The first kappa shape index (κ1) is 15.2. The first-order chi connectivity index (χ1) is 11.3. The second kappa shape index (κ2) is 7.01. The van der Waals surface area contributed by atoms with E-state index in [1.54, 1.807) is 25.4 Å². The van der Waals surface area contributed by atoms with Crippen molar-refractivity contribution in [2.24, 2.45) is 0 Å². The van der Waals surface area contributed by atoms with Gasteiger partial charge < -0.3 is 19.5 Å². The number of amides is 1. The Hall–Kier alpha value is -2.74. The van der Waals surface area contributed by atoms with Gasteiger partial charge in [0.25, 0.3) is 11.8 Å². The third kappa shape index (κ3) is 3.37. The van der Waals surface area contributed by atoms with E-state index in [1.165, 1.54) is 0 Å². The number of rotatable bonds is 5. The zero-order chi connectivity index (χ0) is 16.1. The van der Waals surface area contributed by atoms with Crippen molar-refractivity contribution in [2.75, 3.05) is 33.5 Å². The molecule has 0 saturated heterocycles. The third-order valence-electron chi connectivity index (χ3n) is 3.10. The van der Waals surface area contributed by atoms with Crippen molar-refractivity contribution in [3.8, 4) is 23.1 Å². The van der Waals surface area contributed by atoms with Crippen molar-refractivity contribution in [3.63, 3.8) is 0 Å². The van der Waals surface area contributed by atoms with E-state index in [9.17, 15) is 4.79 Å². The summed E-state index contributed by atoms with van der Waals surface area (Å²) in [4.78, 5) is 25.2. The highest BCUT2D eigenvalue weighted by Gasteiger charge is 2.26. The van der Waals surface area contributed by atoms with Gasteiger partial charge >= 0.3 is 0 Å². The number of pyridine rings is 1. The fourth-order valence-corrected chi connectivity index (χ4v) is 2.05. The summed E-state index contributed by atoms with van der Waals surface area (Å²) < 4.78 is 15.9. The van der Waals surface area contributed by atoms with Crippen LogP contribution in [0.4, 0.5) is 0 Å². The van der Waals surface area contributed by atoms with Crippen LogP contribution in [0.1, 0.15) is 10.5 Å². The number of hydrogen-bond acceptors (Lipinski definition) is 7. The molecule has 2 aromatic rings. The van der Waals surface area contributed by atoms with Crippen LogP contribution in [0.5, 0.6) is 11.6 Å². The number of fused-ring (bicyclic) bond motifs is 1. The summed E-state index contributed by atoms with van der Waals surface area (Å²) in [5, 5.41) is 2.72. The molecule has 8 nitrogen and oxygen atoms in total. The molecule has 1 N–H and O–H groups in total. The van der Waals surface area contributed by atoms with E-state index in [-0.39, 0.29) is 23.2 Å². The number of hydrogen-bond donors (Lipinski definition) is 1. The van der Waals surface area contributed by atoms with Gasteiger partial charge in [0.2, 0.25) is 5.75 Å². The Morgan fingerprint density at radius 1 is 1.30 bits per heavy atom.